The largest absolute Gasteiger partial charge is 0.493 e. The van der Waals surface area contributed by atoms with E-state index in [0.717, 1.165) is 25.7 Å². The summed E-state index contributed by atoms with van der Waals surface area (Å²) in [5, 5.41) is 10.4. The topological polar surface area (TPSA) is 55.5 Å². The second kappa shape index (κ2) is 6.35. The van der Waals surface area contributed by atoms with Gasteiger partial charge in [0.2, 0.25) is 0 Å². The number of hydrogen-bond donors (Lipinski definition) is 2. The number of para-hydroxylation sites is 1. The van der Waals surface area contributed by atoms with E-state index in [1.807, 2.05) is 0 Å². The highest BCUT2D eigenvalue weighted by molar-refractivity contribution is 5.37. The Bertz CT molecular complexity index is 419. The smallest absolute Gasteiger partial charge is 0.165 e. The van der Waals surface area contributed by atoms with E-state index in [2.05, 4.69) is 0 Å². The van der Waals surface area contributed by atoms with Crippen molar-refractivity contribution >= 4 is 0 Å². The van der Waals surface area contributed by atoms with Crippen molar-refractivity contribution < 1.29 is 14.2 Å². The minimum atomic E-state index is -0.643. The Morgan fingerprint density at radius 2 is 2.00 bits per heavy atom. The third-order valence-electron chi connectivity index (χ3n) is 4.06. The quantitative estimate of drug-likeness (QED) is 0.882. The Kier molecular flexibility index (Phi) is 4.77. The molecule has 4 heteroatoms. The van der Waals surface area contributed by atoms with Crippen molar-refractivity contribution in [3.05, 3.63) is 29.6 Å². The van der Waals surface area contributed by atoms with Crippen LogP contribution in [0.2, 0.25) is 0 Å². The average molecular weight is 267 g/mol. The van der Waals surface area contributed by atoms with Crippen molar-refractivity contribution in [2.24, 2.45) is 11.7 Å². The molecule has 19 heavy (non-hydrogen) atoms. The highest BCUT2D eigenvalue weighted by Crippen LogP contribution is 2.35. The molecule has 1 saturated carbocycles. The molecule has 0 heterocycles. The lowest BCUT2D eigenvalue weighted by atomic mass is 9.81. The molecule has 0 amide bonds. The zero-order chi connectivity index (χ0) is 13.8. The molecular formula is C15H22FNO2. The number of rotatable bonds is 4. The standard InChI is InChI=1S/C15H22FNO2/c1-19-15-11(8-5-9-12(15)16)13(17)14(18)10-6-3-2-4-7-10/h5,8-10,13-14,18H,2-4,6-7,17H2,1H3/t13-,14+/m0/s1. The van der Waals surface area contributed by atoms with Gasteiger partial charge in [0.1, 0.15) is 0 Å². The number of aliphatic hydroxyl groups excluding tert-OH is 1. The normalized spacial score (nSPS) is 20.0. The van der Waals surface area contributed by atoms with Gasteiger partial charge in [-0.05, 0) is 24.8 Å². The van der Waals surface area contributed by atoms with Crippen LogP contribution in [0.4, 0.5) is 4.39 Å². The van der Waals surface area contributed by atoms with E-state index in [0.29, 0.717) is 5.56 Å². The van der Waals surface area contributed by atoms with Gasteiger partial charge in [-0.1, -0.05) is 31.4 Å². The number of methoxy groups -OCH3 is 1. The fraction of sp³-hybridized carbons (Fsp3) is 0.600. The molecule has 1 aliphatic carbocycles. The van der Waals surface area contributed by atoms with Crippen LogP contribution in [0.15, 0.2) is 18.2 Å². The molecule has 0 aliphatic heterocycles. The Morgan fingerprint density at radius 3 is 2.63 bits per heavy atom. The van der Waals surface area contributed by atoms with E-state index in [1.165, 1.54) is 19.6 Å². The molecule has 2 atom stereocenters. The SMILES string of the molecule is COc1c(F)cccc1[C@H](N)[C@H](O)C1CCCCC1. The predicted octanol–water partition coefficient (Wildman–Crippen LogP) is 2.78. The molecule has 1 aliphatic rings. The lowest BCUT2D eigenvalue weighted by Crippen LogP contribution is -2.34. The molecule has 3 nitrogen and oxygen atoms in total. The van der Waals surface area contributed by atoms with Crippen molar-refractivity contribution in [1.29, 1.82) is 0 Å². The summed E-state index contributed by atoms with van der Waals surface area (Å²) in [7, 11) is 1.42. The summed E-state index contributed by atoms with van der Waals surface area (Å²) >= 11 is 0. The highest BCUT2D eigenvalue weighted by atomic mass is 19.1. The molecule has 1 fully saturated rings. The van der Waals surface area contributed by atoms with Crippen LogP contribution in [0.1, 0.15) is 43.7 Å². The van der Waals surface area contributed by atoms with E-state index in [-0.39, 0.29) is 11.7 Å². The van der Waals surface area contributed by atoms with E-state index in [4.69, 9.17) is 10.5 Å². The summed E-state index contributed by atoms with van der Waals surface area (Å²) in [5.41, 5.74) is 6.66. The third kappa shape index (κ3) is 3.07. The summed E-state index contributed by atoms with van der Waals surface area (Å²) in [4.78, 5) is 0. The molecular weight excluding hydrogens is 245 g/mol. The van der Waals surface area contributed by atoms with Crippen molar-refractivity contribution in [3.8, 4) is 5.75 Å². The lowest BCUT2D eigenvalue weighted by Gasteiger charge is -2.31. The van der Waals surface area contributed by atoms with Gasteiger partial charge in [0, 0.05) is 5.56 Å². The van der Waals surface area contributed by atoms with Gasteiger partial charge in [-0.15, -0.1) is 0 Å². The second-order valence-electron chi connectivity index (χ2n) is 5.28. The molecule has 1 aromatic rings. The fourth-order valence-corrected chi connectivity index (χ4v) is 2.96. The van der Waals surface area contributed by atoms with E-state index < -0.39 is 18.0 Å². The summed E-state index contributed by atoms with van der Waals surface area (Å²) in [6.45, 7) is 0. The number of aliphatic hydroxyl groups is 1. The molecule has 0 aromatic heterocycles. The Balaban J connectivity index is 2.18. The van der Waals surface area contributed by atoms with Crippen molar-refractivity contribution in [1.82, 2.24) is 0 Å². The highest BCUT2D eigenvalue weighted by Gasteiger charge is 2.29. The predicted molar refractivity (Wildman–Crippen MR) is 72.5 cm³/mol. The molecule has 106 valence electrons. The van der Waals surface area contributed by atoms with Gasteiger partial charge < -0.3 is 15.6 Å². The first-order valence-electron chi connectivity index (χ1n) is 6.91. The number of halogens is 1. The van der Waals surface area contributed by atoms with Crippen LogP contribution >= 0.6 is 0 Å². The Labute approximate surface area is 113 Å². The summed E-state index contributed by atoms with van der Waals surface area (Å²) < 4.78 is 18.7. The fourth-order valence-electron chi connectivity index (χ4n) is 2.96. The maximum absolute atomic E-state index is 13.7. The van der Waals surface area contributed by atoms with Crippen LogP contribution in [0.5, 0.6) is 5.75 Å². The first-order valence-corrected chi connectivity index (χ1v) is 6.91. The molecule has 0 unspecified atom stereocenters. The van der Waals surface area contributed by atoms with Crippen LogP contribution in [-0.4, -0.2) is 18.3 Å². The van der Waals surface area contributed by atoms with Crippen LogP contribution in [-0.2, 0) is 0 Å². The van der Waals surface area contributed by atoms with Crippen LogP contribution in [0.3, 0.4) is 0 Å². The van der Waals surface area contributed by atoms with Crippen molar-refractivity contribution in [3.63, 3.8) is 0 Å². The molecule has 2 rings (SSSR count). The molecule has 0 spiro atoms. The van der Waals surface area contributed by atoms with Gasteiger partial charge in [0.25, 0.3) is 0 Å². The summed E-state index contributed by atoms with van der Waals surface area (Å²) in [5.74, 6) is -0.0899. The molecule has 1 aromatic carbocycles. The molecule has 3 N–H and O–H groups in total. The number of hydrogen-bond acceptors (Lipinski definition) is 3. The number of ether oxygens (including phenoxy) is 1. The monoisotopic (exact) mass is 267 g/mol. The van der Waals surface area contributed by atoms with Crippen molar-refractivity contribution in [2.75, 3.05) is 7.11 Å². The number of nitrogens with two attached hydrogens (primary N) is 1. The average Bonchev–Trinajstić information content (AvgIpc) is 2.46. The van der Waals surface area contributed by atoms with E-state index in [9.17, 15) is 9.50 Å². The first-order chi connectivity index (χ1) is 9.15. The molecule has 0 radical (unpaired) electrons. The maximum Gasteiger partial charge on any atom is 0.165 e. The van der Waals surface area contributed by atoms with Crippen molar-refractivity contribution in [2.45, 2.75) is 44.2 Å². The van der Waals surface area contributed by atoms with Gasteiger partial charge in [-0.3, -0.25) is 0 Å². The van der Waals surface area contributed by atoms with E-state index in [1.54, 1.807) is 12.1 Å². The Hall–Kier alpha value is -1.13. The molecule has 0 bridgehead atoms. The first kappa shape index (κ1) is 14.3. The minimum absolute atomic E-state index is 0.143. The van der Waals surface area contributed by atoms with Gasteiger partial charge in [0.05, 0.1) is 19.3 Å². The zero-order valence-electron chi connectivity index (χ0n) is 11.3. The minimum Gasteiger partial charge on any atom is -0.493 e. The Morgan fingerprint density at radius 1 is 1.32 bits per heavy atom. The third-order valence-corrected chi connectivity index (χ3v) is 4.06. The van der Waals surface area contributed by atoms with E-state index >= 15 is 0 Å². The summed E-state index contributed by atoms with van der Waals surface area (Å²) in [6.07, 6.45) is 4.83. The zero-order valence-corrected chi connectivity index (χ0v) is 11.3. The van der Waals surface area contributed by atoms with Gasteiger partial charge in [0.15, 0.2) is 11.6 Å². The summed E-state index contributed by atoms with van der Waals surface area (Å²) in [6, 6.07) is 4.05. The van der Waals surface area contributed by atoms with Crippen LogP contribution in [0, 0.1) is 11.7 Å². The maximum atomic E-state index is 13.7. The van der Waals surface area contributed by atoms with Gasteiger partial charge in [-0.2, -0.15) is 0 Å². The van der Waals surface area contributed by atoms with Crippen LogP contribution in [0.25, 0.3) is 0 Å². The van der Waals surface area contributed by atoms with Crippen LogP contribution < -0.4 is 10.5 Å². The molecule has 0 saturated heterocycles. The van der Waals surface area contributed by atoms with Gasteiger partial charge in [-0.25, -0.2) is 4.39 Å². The van der Waals surface area contributed by atoms with Gasteiger partial charge >= 0.3 is 0 Å². The number of benzene rings is 1. The second-order valence-corrected chi connectivity index (χ2v) is 5.28. The lowest BCUT2D eigenvalue weighted by molar-refractivity contribution is 0.0609.